The van der Waals surface area contributed by atoms with Gasteiger partial charge in [0.2, 0.25) is 0 Å². The Bertz CT molecular complexity index is 413. The van der Waals surface area contributed by atoms with Crippen LogP contribution in [0.3, 0.4) is 0 Å². The van der Waals surface area contributed by atoms with E-state index in [1.54, 1.807) is 4.90 Å². The number of piperidine rings is 1. The fourth-order valence-electron chi connectivity index (χ4n) is 3.05. The second kappa shape index (κ2) is 4.38. The van der Waals surface area contributed by atoms with Crippen LogP contribution in [-0.4, -0.2) is 41.4 Å². The van der Waals surface area contributed by atoms with E-state index in [4.69, 9.17) is 4.74 Å². The van der Waals surface area contributed by atoms with Crippen LogP contribution in [0.1, 0.15) is 40.0 Å². The summed E-state index contributed by atoms with van der Waals surface area (Å²) < 4.78 is 5.34. The van der Waals surface area contributed by atoms with Gasteiger partial charge >= 0.3 is 6.09 Å². The highest BCUT2D eigenvalue weighted by Crippen LogP contribution is 2.68. The Labute approximate surface area is 114 Å². The van der Waals surface area contributed by atoms with E-state index in [2.05, 4.69) is 6.07 Å². The van der Waals surface area contributed by atoms with E-state index < -0.39 is 11.0 Å². The van der Waals surface area contributed by atoms with Crippen LogP contribution in [0.2, 0.25) is 0 Å². The fraction of sp³-hybridized carbons (Fsp3) is 0.857. The minimum atomic E-state index is -0.562. The summed E-state index contributed by atoms with van der Waals surface area (Å²) in [6.07, 6.45) is 2.03. The molecule has 0 aromatic carbocycles. The lowest BCUT2D eigenvalue weighted by molar-refractivity contribution is 0.0150. The van der Waals surface area contributed by atoms with Crippen LogP contribution >= 0.6 is 0 Å². The van der Waals surface area contributed by atoms with Gasteiger partial charge < -0.3 is 14.7 Å². The van der Waals surface area contributed by atoms with Crippen molar-refractivity contribution in [3.63, 3.8) is 0 Å². The average molecular weight is 266 g/mol. The first-order valence-corrected chi connectivity index (χ1v) is 6.78. The van der Waals surface area contributed by atoms with Crippen molar-refractivity contribution in [2.45, 2.75) is 45.6 Å². The van der Waals surface area contributed by atoms with Gasteiger partial charge in [0, 0.05) is 13.1 Å². The fourth-order valence-corrected chi connectivity index (χ4v) is 3.05. The molecule has 2 fully saturated rings. The van der Waals surface area contributed by atoms with Crippen molar-refractivity contribution in [2.24, 2.45) is 10.8 Å². The number of likely N-dealkylation sites (tertiary alicyclic amines) is 1. The molecular formula is C14H22N2O3. The van der Waals surface area contributed by atoms with Gasteiger partial charge in [-0.1, -0.05) is 0 Å². The number of aliphatic hydroxyl groups is 1. The lowest BCUT2D eigenvalue weighted by atomic mass is 9.85. The molecule has 1 spiro atoms. The smallest absolute Gasteiger partial charge is 0.410 e. The summed E-state index contributed by atoms with van der Waals surface area (Å²) in [5.74, 6) is 0. The number of amides is 1. The Balaban J connectivity index is 1.91. The molecule has 106 valence electrons. The van der Waals surface area contributed by atoms with Crippen LogP contribution in [0.4, 0.5) is 4.79 Å². The number of rotatable bonds is 1. The van der Waals surface area contributed by atoms with Crippen molar-refractivity contribution < 1.29 is 14.6 Å². The Kier molecular flexibility index (Phi) is 3.26. The monoisotopic (exact) mass is 266 g/mol. The summed E-state index contributed by atoms with van der Waals surface area (Å²) in [5, 5.41) is 18.6. The van der Waals surface area contributed by atoms with E-state index in [1.165, 1.54) is 0 Å². The molecule has 1 saturated carbocycles. The molecule has 1 heterocycles. The third-order valence-corrected chi connectivity index (χ3v) is 4.39. The zero-order valence-electron chi connectivity index (χ0n) is 11.9. The highest BCUT2D eigenvalue weighted by Gasteiger charge is 2.68. The first kappa shape index (κ1) is 14.1. The van der Waals surface area contributed by atoms with Crippen LogP contribution in [-0.2, 0) is 4.74 Å². The van der Waals surface area contributed by atoms with Crippen molar-refractivity contribution >= 4 is 6.09 Å². The summed E-state index contributed by atoms with van der Waals surface area (Å²) in [6.45, 7) is 6.70. The van der Waals surface area contributed by atoms with Crippen LogP contribution < -0.4 is 0 Å². The molecule has 1 unspecified atom stereocenters. The van der Waals surface area contributed by atoms with Crippen molar-refractivity contribution in [2.75, 3.05) is 19.7 Å². The van der Waals surface area contributed by atoms with Gasteiger partial charge in [0.25, 0.3) is 0 Å². The van der Waals surface area contributed by atoms with E-state index in [9.17, 15) is 15.2 Å². The molecule has 1 saturated heterocycles. The molecule has 1 amide bonds. The lowest BCUT2D eigenvalue weighted by Gasteiger charge is -2.34. The SMILES string of the molecule is CC(C)(C)OC(=O)N1CCC2(CC1)CC2(C#N)CO. The second-order valence-electron chi connectivity index (χ2n) is 6.78. The van der Waals surface area contributed by atoms with Gasteiger partial charge in [0.05, 0.1) is 18.1 Å². The first-order valence-electron chi connectivity index (χ1n) is 6.78. The Morgan fingerprint density at radius 1 is 1.42 bits per heavy atom. The molecule has 1 atom stereocenters. The molecule has 1 N–H and O–H groups in total. The van der Waals surface area contributed by atoms with Crippen molar-refractivity contribution in [3.05, 3.63) is 0 Å². The molecule has 19 heavy (non-hydrogen) atoms. The number of hydrogen-bond acceptors (Lipinski definition) is 4. The number of nitriles is 1. The molecule has 2 aliphatic rings. The third-order valence-electron chi connectivity index (χ3n) is 4.39. The van der Waals surface area contributed by atoms with Crippen molar-refractivity contribution in [1.82, 2.24) is 4.90 Å². The van der Waals surface area contributed by atoms with Gasteiger partial charge in [0.15, 0.2) is 0 Å². The van der Waals surface area contributed by atoms with Gasteiger partial charge in [-0.2, -0.15) is 5.26 Å². The first-order chi connectivity index (χ1) is 8.77. The Hall–Kier alpha value is -1.28. The van der Waals surface area contributed by atoms with E-state index in [0.717, 1.165) is 19.3 Å². The summed E-state index contributed by atoms with van der Waals surface area (Å²) in [6, 6.07) is 2.26. The quantitative estimate of drug-likeness (QED) is 0.786. The third kappa shape index (κ3) is 2.42. The number of hydrogen-bond donors (Lipinski definition) is 1. The molecule has 5 nitrogen and oxygen atoms in total. The standard InChI is InChI=1S/C14H22N2O3/c1-12(2,3)19-11(18)16-6-4-13(5-7-16)8-14(13,9-15)10-17/h17H,4-8,10H2,1-3H3. The average Bonchev–Trinajstić information content (AvgIpc) is 2.96. The summed E-state index contributed by atoms with van der Waals surface area (Å²) in [5.41, 5.74) is -1.12. The number of ether oxygens (including phenoxy) is 1. The summed E-state index contributed by atoms with van der Waals surface area (Å²) in [4.78, 5) is 13.6. The van der Waals surface area contributed by atoms with Gasteiger partial charge in [-0.05, 0) is 45.4 Å². The van der Waals surface area contributed by atoms with Crippen molar-refractivity contribution in [1.29, 1.82) is 5.26 Å². The van der Waals surface area contributed by atoms with Crippen LogP contribution in [0.15, 0.2) is 0 Å². The highest BCUT2D eigenvalue weighted by atomic mass is 16.6. The second-order valence-corrected chi connectivity index (χ2v) is 6.78. The number of nitrogens with zero attached hydrogens (tertiary/aromatic N) is 2. The largest absolute Gasteiger partial charge is 0.444 e. The maximum Gasteiger partial charge on any atom is 0.410 e. The minimum Gasteiger partial charge on any atom is -0.444 e. The number of aliphatic hydroxyl groups excluding tert-OH is 1. The highest BCUT2D eigenvalue weighted by molar-refractivity contribution is 5.68. The van der Waals surface area contributed by atoms with Gasteiger partial charge in [-0.3, -0.25) is 0 Å². The van der Waals surface area contributed by atoms with E-state index in [-0.39, 0.29) is 18.1 Å². The molecule has 0 radical (unpaired) electrons. The molecule has 1 aliphatic carbocycles. The van der Waals surface area contributed by atoms with Crippen LogP contribution in [0.25, 0.3) is 0 Å². The number of carbonyl (C=O) groups is 1. The predicted molar refractivity (Wildman–Crippen MR) is 69.2 cm³/mol. The van der Waals surface area contributed by atoms with Crippen LogP contribution in [0.5, 0.6) is 0 Å². The van der Waals surface area contributed by atoms with Crippen molar-refractivity contribution in [3.8, 4) is 6.07 Å². The van der Waals surface area contributed by atoms with Gasteiger partial charge in [0.1, 0.15) is 5.60 Å². The van der Waals surface area contributed by atoms with E-state index >= 15 is 0 Å². The summed E-state index contributed by atoms with van der Waals surface area (Å²) in [7, 11) is 0. The maximum absolute atomic E-state index is 11.9. The predicted octanol–water partition coefficient (Wildman–Crippen LogP) is 1.91. The normalized spacial score (nSPS) is 28.9. The molecule has 2 rings (SSSR count). The van der Waals surface area contributed by atoms with Gasteiger partial charge in [-0.15, -0.1) is 0 Å². The molecule has 1 aliphatic heterocycles. The zero-order chi connectivity index (χ0) is 14.3. The van der Waals surface area contributed by atoms with E-state index in [0.29, 0.717) is 13.1 Å². The van der Waals surface area contributed by atoms with E-state index in [1.807, 2.05) is 20.8 Å². The summed E-state index contributed by atoms with van der Waals surface area (Å²) >= 11 is 0. The number of carbonyl (C=O) groups excluding carboxylic acids is 1. The topological polar surface area (TPSA) is 73.6 Å². The molecular weight excluding hydrogens is 244 g/mol. The molecule has 0 aromatic heterocycles. The minimum absolute atomic E-state index is 0.0735. The maximum atomic E-state index is 11.9. The molecule has 5 heteroatoms. The molecule has 0 aromatic rings. The molecule has 0 bridgehead atoms. The Morgan fingerprint density at radius 3 is 2.37 bits per heavy atom. The van der Waals surface area contributed by atoms with Gasteiger partial charge in [-0.25, -0.2) is 4.79 Å². The van der Waals surface area contributed by atoms with Crippen LogP contribution in [0, 0.1) is 22.2 Å². The lowest BCUT2D eigenvalue weighted by Crippen LogP contribution is -2.43. The zero-order valence-corrected chi connectivity index (χ0v) is 11.9. The Morgan fingerprint density at radius 2 is 2.00 bits per heavy atom.